The van der Waals surface area contributed by atoms with Crippen LogP contribution in [-0.2, 0) is 104 Å². The molecule has 0 aliphatic heterocycles. The predicted octanol–water partition coefficient (Wildman–Crippen LogP) is 13.9. The van der Waals surface area contributed by atoms with E-state index in [1.807, 2.05) is 185 Å². The summed E-state index contributed by atoms with van der Waals surface area (Å²) in [6.45, 7) is 22.0. The fraction of sp³-hybridized carbons (Fsp3) is 0.387. The van der Waals surface area contributed by atoms with Gasteiger partial charge in [-0.15, -0.1) is 0 Å². The predicted molar refractivity (Wildman–Crippen MR) is 579 cm³/mol. The Kier molecular flexibility index (Phi) is 49.0. The Bertz CT molecular complexity index is 6100. The van der Waals surface area contributed by atoms with Gasteiger partial charge in [-0.25, -0.2) is 9.59 Å². The number of primary amides is 3. The van der Waals surface area contributed by atoms with E-state index >= 15 is 0 Å². The first kappa shape index (κ1) is 122. The highest BCUT2D eigenvalue weighted by Gasteiger charge is 2.39. The van der Waals surface area contributed by atoms with E-state index in [1.165, 1.54) is 6.92 Å². The number of Topliss-reactive ketones (excluding diaryl/α,β-unsaturated/α-hetero) is 2. The highest BCUT2D eigenvalue weighted by atomic mass is 35.5. The standard InChI is InChI=1S/C32H39ClN6O7.C28H33ClN4O5.C26H34N4O4.C25H30Cl2N2O3/c1-17(2)14-25(38-29(43)18(3)35-32(46)36-22-12-10-21(33)11-13-22)30(44)39-26(31(45)37-24(28(34)42)16-27(40)41)15-20-9-8-19-6-4-5-7-23(19)20;1-17(2)15-23(33-28(38)31-21-11-9-20(29)10-12-21)27(37)32-24(26(36)30-14-13-25(34)35)16-19-8-7-18-5-3-4-6-22(18)19;1-17-7-9-20(10-8-17)30-23(32)14-22(26(2,3)4)25(34)29-16-21(31)13-19(24(27)33)12-18-6-5-11-28-15-18;1-25(2,3)19(15-18(30)13-17-9-11-20(26)21(27)14-17)24(32)29-22(23(28)31)12-10-16-7-5-4-6-8-16/h4-7,9-13,17-18,24-26H,8,14-16H2,1-3H3,(H2,34,42)(H,37,45)(H,38,43)(H,39,44)(H,40,41)(H2,35,36,46);3-6,8-12,17,23-24H,7,13-16H2,1-2H3,(H,30,36)(H,32,37)(H,34,35)(H2,31,33,38);5-11,15,19,22H,12-14,16H2,1-4H3,(H2,27,33)(H,29,34)(H,30,32);4-9,11,14,19,22H,10,12-13,15H2,1-3H3,(H2,28,31)(H,29,32). The minimum atomic E-state index is -1.51. The number of fused-ring (bicyclic) bond motifs is 2. The van der Waals surface area contributed by atoms with Gasteiger partial charge in [0.2, 0.25) is 65.0 Å². The number of nitrogens with zero attached hydrogens (tertiary/aromatic N) is 1. The van der Waals surface area contributed by atoms with Gasteiger partial charge in [-0.2, -0.15) is 0 Å². The van der Waals surface area contributed by atoms with E-state index in [4.69, 9.17) is 68.7 Å². The van der Waals surface area contributed by atoms with Crippen LogP contribution in [0, 0.1) is 47.3 Å². The summed E-state index contributed by atoms with van der Waals surface area (Å²) in [6, 6.07) is 45.3. The monoisotopic (exact) mass is 2140 g/mol. The molecule has 1 aromatic heterocycles. The average molecular weight is 2140 g/mol. The number of nitrogens with two attached hydrogens (primary N) is 3. The number of carboxylic acids is 2. The molecule has 0 radical (unpaired) electrons. The van der Waals surface area contributed by atoms with Crippen LogP contribution in [0.2, 0.25) is 20.1 Å². The number of allylic oxidation sites excluding steroid dienone is 2. The van der Waals surface area contributed by atoms with Crippen molar-refractivity contribution in [1.82, 2.24) is 52.8 Å². The fourth-order valence-electron chi connectivity index (χ4n) is 16.2. The number of pyridine rings is 1. The number of urea groups is 2. The Morgan fingerprint density at radius 2 is 0.873 bits per heavy atom. The van der Waals surface area contributed by atoms with E-state index < -0.39 is 149 Å². The molecule has 15 amide bonds. The Hall–Kier alpha value is -14.7. The van der Waals surface area contributed by atoms with Gasteiger partial charge in [0.25, 0.3) is 0 Å². The second-order valence-electron chi connectivity index (χ2n) is 39.7. The van der Waals surface area contributed by atoms with E-state index in [9.17, 15) is 86.6 Å². The molecule has 8 aromatic rings. The fourth-order valence-corrected chi connectivity index (χ4v) is 16.7. The Morgan fingerprint density at radius 3 is 1.37 bits per heavy atom. The highest BCUT2D eigenvalue weighted by Crippen LogP contribution is 2.36. The van der Waals surface area contributed by atoms with E-state index in [-0.39, 0.29) is 106 Å². The molecule has 2 aliphatic rings. The van der Waals surface area contributed by atoms with E-state index in [0.717, 1.165) is 62.1 Å². The summed E-state index contributed by atoms with van der Waals surface area (Å²) >= 11 is 23.7. The van der Waals surface area contributed by atoms with E-state index in [1.54, 1.807) is 97.3 Å². The third-order valence-electron chi connectivity index (χ3n) is 24.3. The number of ketones is 2. The van der Waals surface area contributed by atoms with E-state index in [0.29, 0.717) is 69.3 Å². The number of anilines is 3. The summed E-state index contributed by atoms with van der Waals surface area (Å²) < 4.78 is 0. The molecule has 1 heterocycles. The minimum absolute atomic E-state index is 0.0255. The van der Waals surface area contributed by atoms with Gasteiger partial charge in [0.05, 0.1) is 35.3 Å². The highest BCUT2D eigenvalue weighted by molar-refractivity contribution is 6.42. The zero-order chi connectivity index (χ0) is 111. The largest absolute Gasteiger partial charge is 0.481 e. The first-order valence-electron chi connectivity index (χ1n) is 49.1. The van der Waals surface area contributed by atoms with Crippen molar-refractivity contribution in [2.24, 2.45) is 57.6 Å². The van der Waals surface area contributed by atoms with Gasteiger partial charge in [0.1, 0.15) is 48.1 Å². The number of aryl methyl sites for hydroxylation is 2. The number of carbonyl (C=O) groups excluding carboxylic acids is 15. The van der Waals surface area contributed by atoms with Crippen molar-refractivity contribution in [3.05, 3.63) is 271 Å². The lowest BCUT2D eigenvalue weighted by Crippen LogP contribution is -2.58. The molecule has 10 unspecified atom stereocenters. The first-order valence-corrected chi connectivity index (χ1v) is 50.7. The number of benzene rings is 7. The summed E-state index contributed by atoms with van der Waals surface area (Å²) in [6.07, 6.45) is 9.74. The van der Waals surface area contributed by atoms with Crippen molar-refractivity contribution in [3.63, 3.8) is 0 Å². The van der Waals surface area contributed by atoms with Crippen LogP contribution in [0.1, 0.15) is 185 Å². The molecule has 7 aromatic carbocycles. The maximum absolute atomic E-state index is 13.6. The van der Waals surface area contributed by atoms with Gasteiger partial charge < -0.3 is 91.2 Å². The van der Waals surface area contributed by atoms with Crippen LogP contribution in [0.3, 0.4) is 0 Å². The molecular weight excluding hydrogens is 2000 g/mol. The van der Waals surface area contributed by atoms with Crippen molar-refractivity contribution in [1.29, 1.82) is 0 Å². The van der Waals surface area contributed by atoms with Crippen molar-refractivity contribution >= 4 is 175 Å². The van der Waals surface area contributed by atoms with Crippen LogP contribution in [0.15, 0.2) is 207 Å². The molecule has 35 nitrogen and oxygen atoms in total. The molecule has 10 atom stereocenters. The molecule has 2 aliphatic carbocycles. The van der Waals surface area contributed by atoms with Crippen LogP contribution in [-0.4, -0.2) is 171 Å². The second-order valence-corrected chi connectivity index (χ2v) is 41.4. The zero-order valence-electron chi connectivity index (χ0n) is 86.1. The van der Waals surface area contributed by atoms with Gasteiger partial charge in [-0.1, -0.05) is 236 Å². The van der Waals surface area contributed by atoms with Gasteiger partial charge in [0.15, 0.2) is 5.78 Å². The number of halogens is 4. The Balaban J connectivity index is 0.000000273. The van der Waals surface area contributed by atoms with Crippen molar-refractivity contribution in [2.45, 2.75) is 222 Å². The lowest BCUT2D eigenvalue weighted by Gasteiger charge is -2.30. The lowest BCUT2D eigenvalue weighted by atomic mass is 9.76. The van der Waals surface area contributed by atoms with Crippen LogP contribution in [0.4, 0.5) is 26.7 Å². The van der Waals surface area contributed by atoms with Crippen LogP contribution < -0.4 is 81.0 Å². The van der Waals surface area contributed by atoms with Crippen LogP contribution in [0.5, 0.6) is 0 Å². The number of carboxylic acid groups (broad SMARTS) is 2. The summed E-state index contributed by atoms with van der Waals surface area (Å²) in [5.41, 5.74) is 26.4. The maximum Gasteiger partial charge on any atom is 0.319 e. The number of rotatable bonds is 48. The Labute approximate surface area is 893 Å². The molecular formula is C111H136Cl4N16O19. The SMILES string of the molecule is CC(C)(C)C(CC(=O)Cc1ccc(Cl)c(Cl)c1)C(=O)NC(CCc1ccccc1)C(N)=O.CC(C)CC(NC(=O)C(C)NC(=O)Nc1ccc(Cl)cc1)C(=O)NC(CC1=CCc2ccccc21)C(=O)NC(CC(=O)O)C(N)=O.CC(C)CC(NC(=O)Nc1ccc(Cl)cc1)C(=O)NC(CC1=CCc2ccccc21)C(=O)NCCC(=O)O.Cc1ccc(NC(=O)CC(C(=O)NCC(=O)CC(Cc2cccnc2)C(N)=O)C(C)(C)C)cc1. The maximum atomic E-state index is 13.6. The number of amides is 15. The molecule has 0 spiro atoms. The molecule has 10 rings (SSSR count). The number of aromatic nitrogens is 1. The molecule has 0 saturated carbocycles. The van der Waals surface area contributed by atoms with Gasteiger partial charge in [-0.05, 0) is 210 Å². The molecule has 0 fully saturated rings. The molecule has 0 saturated heterocycles. The zero-order valence-corrected chi connectivity index (χ0v) is 89.1. The van der Waals surface area contributed by atoms with Crippen LogP contribution in [0.25, 0.3) is 11.1 Å². The number of hydrogen-bond donors (Lipinski definition) is 17. The average Bonchev–Trinajstić information content (AvgIpc) is 1.74. The van der Waals surface area contributed by atoms with Crippen molar-refractivity contribution < 1.29 is 91.7 Å². The molecule has 0 bridgehead atoms. The summed E-state index contributed by atoms with van der Waals surface area (Å²) in [5, 5.41) is 51.7. The normalized spacial score (nSPS) is 13.7. The Morgan fingerprint density at radius 1 is 0.407 bits per heavy atom. The number of hydrogen-bond acceptors (Lipinski definition) is 18. The van der Waals surface area contributed by atoms with Crippen LogP contribution >= 0.6 is 46.4 Å². The summed E-state index contributed by atoms with van der Waals surface area (Å²) in [4.78, 5) is 217. The molecule has 150 heavy (non-hydrogen) atoms. The minimum Gasteiger partial charge on any atom is -0.481 e. The van der Waals surface area contributed by atoms with Crippen molar-refractivity contribution in [2.75, 3.05) is 29.0 Å². The summed E-state index contributed by atoms with van der Waals surface area (Å²) in [7, 11) is 0. The molecule has 39 heteroatoms. The lowest BCUT2D eigenvalue weighted by molar-refractivity contribution is -0.140. The van der Waals surface area contributed by atoms with E-state index in [2.05, 4.69) is 68.8 Å². The second kappa shape index (κ2) is 60.1. The smallest absolute Gasteiger partial charge is 0.319 e. The van der Waals surface area contributed by atoms with Gasteiger partial charge >= 0.3 is 24.0 Å². The van der Waals surface area contributed by atoms with Gasteiger partial charge in [0, 0.05) is 96.4 Å². The summed E-state index contributed by atoms with van der Waals surface area (Å²) in [5.74, 6) is -11.1. The number of aliphatic carboxylic acids is 2. The topological polar surface area (TPSA) is 566 Å². The molecule has 802 valence electrons. The van der Waals surface area contributed by atoms with Gasteiger partial charge in [-0.3, -0.25) is 76.9 Å². The first-order chi connectivity index (χ1) is 70.8. The van der Waals surface area contributed by atoms with Crippen molar-refractivity contribution in [3.8, 4) is 0 Å². The number of carbonyl (C=O) groups is 17. The third kappa shape index (κ3) is 43.2. The number of nitrogens with one attached hydrogen (secondary N) is 12. The third-order valence-corrected chi connectivity index (χ3v) is 25.5. The quantitative estimate of drug-likeness (QED) is 0.0168. The molecule has 20 N–H and O–H groups in total.